The summed E-state index contributed by atoms with van der Waals surface area (Å²) in [6.45, 7) is 6.32. The second kappa shape index (κ2) is 11.2. The van der Waals surface area contributed by atoms with Crippen molar-refractivity contribution in [3.63, 3.8) is 0 Å². The number of piperidine rings is 1. The van der Waals surface area contributed by atoms with E-state index in [2.05, 4.69) is 24.5 Å². The van der Waals surface area contributed by atoms with Crippen molar-refractivity contribution >= 4 is 24.0 Å². The molecule has 1 saturated heterocycles. The van der Waals surface area contributed by atoms with E-state index in [0.29, 0.717) is 19.0 Å². The zero-order chi connectivity index (χ0) is 16.5. The van der Waals surface area contributed by atoms with Gasteiger partial charge in [-0.05, 0) is 44.4 Å². The number of rotatable bonds is 8. The molecular weight excluding hydrogens is 328 g/mol. The van der Waals surface area contributed by atoms with Crippen LogP contribution in [0.15, 0.2) is 18.2 Å². The standard InChI is InChI=1S/C18H28N2O3.ClH/c1-3-11-22-16-9-8-14(13-17(16)23-12-4-2)20-18(21)15-7-5-6-10-19-15;/h8-9,13,15,19H,3-7,10-12H2,1-2H3,(H,20,21);1H/t15-;/m0./s1. The monoisotopic (exact) mass is 356 g/mol. The molecule has 0 radical (unpaired) electrons. The maximum Gasteiger partial charge on any atom is 0.241 e. The summed E-state index contributed by atoms with van der Waals surface area (Å²) in [4.78, 5) is 12.3. The van der Waals surface area contributed by atoms with Crippen LogP contribution in [-0.4, -0.2) is 31.7 Å². The van der Waals surface area contributed by atoms with Gasteiger partial charge in [-0.1, -0.05) is 20.3 Å². The molecule has 136 valence electrons. The molecule has 2 rings (SSSR count). The second-order valence-corrected chi connectivity index (χ2v) is 5.85. The Morgan fingerprint density at radius 1 is 1.17 bits per heavy atom. The topological polar surface area (TPSA) is 59.6 Å². The molecule has 24 heavy (non-hydrogen) atoms. The fourth-order valence-corrected chi connectivity index (χ4v) is 2.55. The molecule has 1 aromatic rings. The molecule has 0 bridgehead atoms. The van der Waals surface area contributed by atoms with Crippen LogP contribution >= 0.6 is 12.4 Å². The predicted octanol–water partition coefficient (Wildman–Crippen LogP) is 3.77. The number of benzene rings is 1. The largest absolute Gasteiger partial charge is 0.490 e. The van der Waals surface area contributed by atoms with E-state index in [1.165, 1.54) is 0 Å². The molecule has 1 heterocycles. The minimum Gasteiger partial charge on any atom is -0.490 e. The lowest BCUT2D eigenvalue weighted by Gasteiger charge is -2.22. The molecule has 1 fully saturated rings. The van der Waals surface area contributed by atoms with Crippen LogP contribution in [0.25, 0.3) is 0 Å². The number of hydrogen-bond acceptors (Lipinski definition) is 4. The Balaban J connectivity index is 0.00000288. The van der Waals surface area contributed by atoms with Gasteiger partial charge in [-0.25, -0.2) is 0 Å². The highest BCUT2D eigenvalue weighted by atomic mass is 35.5. The van der Waals surface area contributed by atoms with Crippen molar-refractivity contribution in [1.82, 2.24) is 5.32 Å². The van der Waals surface area contributed by atoms with Crippen molar-refractivity contribution in [2.45, 2.75) is 52.0 Å². The summed E-state index contributed by atoms with van der Waals surface area (Å²) < 4.78 is 11.5. The van der Waals surface area contributed by atoms with Gasteiger partial charge in [0, 0.05) is 11.8 Å². The highest BCUT2D eigenvalue weighted by molar-refractivity contribution is 5.95. The Hall–Kier alpha value is -1.46. The molecule has 1 amide bonds. The highest BCUT2D eigenvalue weighted by Crippen LogP contribution is 2.31. The van der Waals surface area contributed by atoms with Gasteiger partial charge in [-0.2, -0.15) is 0 Å². The lowest BCUT2D eigenvalue weighted by molar-refractivity contribution is -0.118. The number of anilines is 1. The summed E-state index contributed by atoms with van der Waals surface area (Å²) in [7, 11) is 0. The summed E-state index contributed by atoms with van der Waals surface area (Å²) >= 11 is 0. The van der Waals surface area contributed by atoms with Gasteiger partial charge >= 0.3 is 0 Å². The quantitative estimate of drug-likeness (QED) is 0.744. The minimum absolute atomic E-state index is 0. The van der Waals surface area contributed by atoms with Crippen molar-refractivity contribution in [2.24, 2.45) is 0 Å². The Morgan fingerprint density at radius 2 is 1.88 bits per heavy atom. The average Bonchev–Trinajstić information content (AvgIpc) is 2.59. The van der Waals surface area contributed by atoms with E-state index < -0.39 is 0 Å². The van der Waals surface area contributed by atoms with Crippen LogP contribution < -0.4 is 20.1 Å². The summed E-state index contributed by atoms with van der Waals surface area (Å²) in [5.41, 5.74) is 0.748. The molecule has 1 atom stereocenters. The Morgan fingerprint density at radius 3 is 2.50 bits per heavy atom. The van der Waals surface area contributed by atoms with Crippen LogP contribution in [0.4, 0.5) is 5.69 Å². The van der Waals surface area contributed by atoms with Crippen molar-refractivity contribution in [3.05, 3.63) is 18.2 Å². The number of halogens is 1. The number of carbonyl (C=O) groups is 1. The molecular formula is C18H29ClN2O3. The lowest BCUT2D eigenvalue weighted by Crippen LogP contribution is -2.43. The number of carbonyl (C=O) groups excluding carboxylic acids is 1. The first-order chi connectivity index (χ1) is 11.2. The third-order valence-electron chi connectivity index (χ3n) is 3.76. The molecule has 0 aliphatic carbocycles. The van der Waals surface area contributed by atoms with Crippen molar-refractivity contribution < 1.29 is 14.3 Å². The Bertz CT molecular complexity index is 505. The summed E-state index contributed by atoms with van der Waals surface area (Å²) in [6.07, 6.45) is 5.00. The van der Waals surface area contributed by atoms with E-state index in [4.69, 9.17) is 9.47 Å². The van der Waals surface area contributed by atoms with Crippen LogP contribution in [0.2, 0.25) is 0 Å². The van der Waals surface area contributed by atoms with Gasteiger partial charge in [-0.15, -0.1) is 12.4 Å². The Labute approximate surface area is 150 Å². The van der Waals surface area contributed by atoms with E-state index in [0.717, 1.165) is 50.1 Å². The smallest absolute Gasteiger partial charge is 0.241 e. The molecule has 2 N–H and O–H groups in total. The third kappa shape index (κ3) is 6.21. The molecule has 0 aromatic heterocycles. The minimum atomic E-state index is -0.0974. The zero-order valence-electron chi connectivity index (χ0n) is 14.6. The van der Waals surface area contributed by atoms with E-state index in [1.807, 2.05) is 18.2 Å². The average molecular weight is 357 g/mol. The third-order valence-corrected chi connectivity index (χ3v) is 3.76. The van der Waals surface area contributed by atoms with Crippen molar-refractivity contribution in [3.8, 4) is 11.5 Å². The van der Waals surface area contributed by atoms with Gasteiger partial charge in [-0.3, -0.25) is 4.79 Å². The number of amides is 1. The van der Waals surface area contributed by atoms with Gasteiger partial charge in [0.05, 0.1) is 19.3 Å². The molecule has 1 aliphatic heterocycles. The molecule has 0 spiro atoms. The van der Waals surface area contributed by atoms with Gasteiger partial charge in [0.1, 0.15) is 0 Å². The number of hydrogen-bond donors (Lipinski definition) is 2. The van der Waals surface area contributed by atoms with Crippen LogP contribution in [0.5, 0.6) is 11.5 Å². The molecule has 0 unspecified atom stereocenters. The SMILES string of the molecule is CCCOc1ccc(NC(=O)[C@@H]2CCCCN2)cc1OCCC.Cl. The van der Waals surface area contributed by atoms with Crippen LogP contribution in [0, 0.1) is 0 Å². The van der Waals surface area contributed by atoms with Crippen LogP contribution in [0.3, 0.4) is 0 Å². The fraction of sp³-hybridized carbons (Fsp3) is 0.611. The highest BCUT2D eigenvalue weighted by Gasteiger charge is 2.20. The summed E-state index contributed by atoms with van der Waals surface area (Å²) in [6, 6.07) is 5.48. The van der Waals surface area contributed by atoms with Crippen molar-refractivity contribution in [2.75, 3.05) is 25.1 Å². The van der Waals surface area contributed by atoms with Gasteiger partial charge in [0.15, 0.2) is 11.5 Å². The number of nitrogens with one attached hydrogen (secondary N) is 2. The maximum atomic E-state index is 12.3. The van der Waals surface area contributed by atoms with Crippen LogP contribution in [0.1, 0.15) is 46.0 Å². The maximum absolute atomic E-state index is 12.3. The van der Waals surface area contributed by atoms with E-state index in [1.54, 1.807) is 0 Å². The second-order valence-electron chi connectivity index (χ2n) is 5.85. The van der Waals surface area contributed by atoms with Gasteiger partial charge in [0.25, 0.3) is 0 Å². The molecule has 0 saturated carbocycles. The molecule has 1 aliphatic rings. The van der Waals surface area contributed by atoms with E-state index in [9.17, 15) is 4.79 Å². The first-order valence-corrected chi connectivity index (χ1v) is 8.68. The fourth-order valence-electron chi connectivity index (χ4n) is 2.55. The van der Waals surface area contributed by atoms with Crippen LogP contribution in [-0.2, 0) is 4.79 Å². The predicted molar refractivity (Wildman–Crippen MR) is 99.5 cm³/mol. The van der Waals surface area contributed by atoms with Gasteiger partial charge < -0.3 is 20.1 Å². The normalized spacial score (nSPS) is 16.8. The molecule has 6 heteroatoms. The number of ether oxygens (including phenoxy) is 2. The van der Waals surface area contributed by atoms with Gasteiger partial charge in [0.2, 0.25) is 5.91 Å². The van der Waals surface area contributed by atoms with E-state index in [-0.39, 0.29) is 24.4 Å². The summed E-state index contributed by atoms with van der Waals surface area (Å²) in [5.74, 6) is 1.44. The van der Waals surface area contributed by atoms with Crippen molar-refractivity contribution in [1.29, 1.82) is 0 Å². The molecule has 1 aromatic carbocycles. The summed E-state index contributed by atoms with van der Waals surface area (Å²) in [5, 5.41) is 6.23. The first kappa shape index (κ1) is 20.6. The zero-order valence-corrected chi connectivity index (χ0v) is 15.4. The lowest BCUT2D eigenvalue weighted by atomic mass is 10.0. The molecule has 5 nitrogen and oxygen atoms in total. The Kier molecular flexibility index (Phi) is 9.57. The first-order valence-electron chi connectivity index (χ1n) is 8.68. The van der Waals surface area contributed by atoms with E-state index >= 15 is 0 Å².